The van der Waals surface area contributed by atoms with E-state index in [1.807, 2.05) is 32.9 Å². The van der Waals surface area contributed by atoms with Gasteiger partial charge >= 0.3 is 0 Å². The normalized spacial score (nSPS) is 11.5. The summed E-state index contributed by atoms with van der Waals surface area (Å²) in [4.78, 5) is 13.5. The minimum Gasteiger partial charge on any atom is -0.321 e. The van der Waals surface area contributed by atoms with E-state index in [4.69, 9.17) is 0 Å². The van der Waals surface area contributed by atoms with Gasteiger partial charge in [0.15, 0.2) is 0 Å². The van der Waals surface area contributed by atoms with Crippen LogP contribution in [-0.2, 0) is 10.0 Å². The predicted molar refractivity (Wildman–Crippen MR) is 132 cm³/mol. The van der Waals surface area contributed by atoms with Crippen LogP contribution in [0, 0.1) is 26.6 Å². The van der Waals surface area contributed by atoms with Crippen molar-refractivity contribution in [1.82, 2.24) is 0 Å². The number of hydrogen-bond acceptors (Lipinski definition) is 4. The minimum atomic E-state index is -3.85. The predicted octanol–water partition coefficient (Wildman–Crippen LogP) is 6.04. The van der Waals surface area contributed by atoms with E-state index in [1.54, 1.807) is 24.3 Å². The molecule has 0 saturated carbocycles. The van der Waals surface area contributed by atoms with Gasteiger partial charge in [-0.15, -0.1) is 11.3 Å². The quantitative estimate of drug-likeness (QED) is 0.377. The number of aryl methyl sites for hydroxylation is 3. The lowest BCUT2D eigenvalue weighted by Gasteiger charge is -2.19. The first-order chi connectivity index (χ1) is 15.6. The molecule has 0 aliphatic heterocycles. The van der Waals surface area contributed by atoms with Crippen LogP contribution in [0.1, 0.15) is 26.4 Å². The fourth-order valence-electron chi connectivity index (χ4n) is 3.79. The van der Waals surface area contributed by atoms with Crippen LogP contribution in [-0.4, -0.2) is 21.4 Å². The van der Waals surface area contributed by atoms with Crippen LogP contribution in [0.25, 0.3) is 10.1 Å². The van der Waals surface area contributed by atoms with E-state index in [0.29, 0.717) is 10.6 Å². The van der Waals surface area contributed by atoms with E-state index < -0.39 is 15.8 Å². The van der Waals surface area contributed by atoms with Gasteiger partial charge in [-0.3, -0.25) is 9.10 Å². The SMILES string of the molecule is Cc1cc(C)c(NC(=O)c2cc3cc(N(C)S(=O)(=O)c4ccc(F)cc4)ccc3s2)c(C)c1. The van der Waals surface area contributed by atoms with Crippen LogP contribution >= 0.6 is 11.3 Å². The number of sulfonamides is 1. The molecule has 1 aromatic heterocycles. The van der Waals surface area contributed by atoms with Crippen molar-refractivity contribution in [2.45, 2.75) is 25.7 Å². The number of fused-ring (bicyclic) bond motifs is 1. The van der Waals surface area contributed by atoms with Gasteiger partial charge in [0, 0.05) is 17.4 Å². The number of carbonyl (C=O) groups excluding carboxylic acids is 1. The summed E-state index contributed by atoms with van der Waals surface area (Å²) in [5.41, 5.74) is 4.38. The first kappa shape index (κ1) is 22.9. The van der Waals surface area contributed by atoms with Crippen molar-refractivity contribution >= 4 is 48.7 Å². The Labute approximate surface area is 196 Å². The molecule has 0 radical (unpaired) electrons. The zero-order valence-electron chi connectivity index (χ0n) is 18.6. The van der Waals surface area contributed by atoms with Crippen molar-refractivity contribution in [2.24, 2.45) is 0 Å². The fraction of sp³-hybridized carbons (Fsp3) is 0.160. The van der Waals surface area contributed by atoms with Crippen molar-refractivity contribution < 1.29 is 17.6 Å². The number of benzene rings is 3. The molecular formula is C25H23FN2O3S2. The third-order valence-electron chi connectivity index (χ3n) is 5.47. The molecule has 0 atom stereocenters. The molecule has 0 aliphatic carbocycles. The van der Waals surface area contributed by atoms with E-state index in [1.165, 1.54) is 30.5 Å². The molecule has 0 unspecified atom stereocenters. The molecule has 0 fully saturated rings. The summed E-state index contributed by atoms with van der Waals surface area (Å²) in [5, 5.41) is 3.77. The highest BCUT2D eigenvalue weighted by Crippen LogP contribution is 2.32. The standard InChI is InChI=1S/C25H23FN2O3S2/c1-15-11-16(2)24(17(3)12-15)27-25(29)23-14-18-13-20(7-10-22(18)32-23)28(4)33(30,31)21-8-5-19(26)6-9-21/h5-14H,1-4H3,(H,27,29). The zero-order valence-corrected chi connectivity index (χ0v) is 20.3. The van der Waals surface area contributed by atoms with Gasteiger partial charge in [0.1, 0.15) is 5.82 Å². The molecule has 0 bridgehead atoms. The maximum absolute atomic E-state index is 13.2. The Morgan fingerprint density at radius 2 is 1.58 bits per heavy atom. The van der Waals surface area contributed by atoms with E-state index in [9.17, 15) is 17.6 Å². The van der Waals surface area contributed by atoms with Crippen molar-refractivity contribution in [3.63, 3.8) is 0 Å². The Morgan fingerprint density at radius 3 is 2.21 bits per heavy atom. The highest BCUT2D eigenvalue weighted by Gasteiger charge is 2.22. The van der Waals surface area contributed by atoms with E-state index >= 15 is 0 Å². The number of nitrogens with one attached hydrogen (secondary N) is 1. The highest BCUT2D eigenvalue weighted by atomic mass is 32.2. The molecule has 33 heavy (non-hydrogen) atoms. The van der Waals surface area contributed by atoms with Crippen LogP contribution in [0.5, 0.6) is 0 Å². The molecule has 0 spiro atoms. The van der Waals surface area contributed by atoms with Gasteiger partial charge in [-0.05, 0) is 85.8 Å². The zero-order chi connectivity index (χ0) is 23.9. The number of halogens is 1. The Hall–Kier alpha value is -3.23. The monoisotopic (exact) mass is 482 g/mol. The summed E-state index contributed by atoms with van der Waals surface area (Å²) in [6.45, 7) is 5.94. The van der Waals surface area contributed by atoms with Gasteiger partial charge in [0.25, 0.3) is 15.9 Å². The van der Waals surface area contributed by atoms with Crippen molar-refractivity contribution in [1.29, 1.82) is 0 Å². The van der Waals surface area contributed by atoms with Gasteiger partial charge in [-0.2, -0.15) is 0 Å². The Morgan fingerprint density at radius 1 is 0.939 bits per heavy atom. The molecule has 4 rings (SSSR count). The number of amides is 1. The average molecular weight is 483 g/mol. The molecule has 1 N–H and O–H groups in total. The number of thiophene rings is 1. The van der Waals surface area contributed by atoms with Gasteiger partial charge in [0.2, 0.25) is 0 Å². The number of anilines is 2. The lowest BCUT2D eigenvalue weighted by molar-refractivity contribution is 0.103. The van der Waals surface area contributed by atoms with Crippen LogP contribution in [0.4, 0.5) is 15.8 Å². The lowest BCUT2D eigenvalue weighted by Crippen LogP contribution is -2.26. The second-order valence-corrected chi connectivity index (χ2v) is 11.0. The van der Waals surface area contributed by atoms with Crippen molar-refractivity contribution in [2.75, 3.05) is 16.7 Å². The summed E-state index contributed by atoms with van der Waals surface area (Å²) in [6.07, 6.45) is 0. The Kier molecular flexibility index (Phi) is 5.99. The van der Waals surface area contributed by atoms with Crippen LogP contribution < -0.4 is 9.62 Å². The summed E-state index contributed by atoms with van der Waals surface area (Å²) in [5.74, 6) is -0.710. The topological polar surface area (TPSA) is 66.5 Å². The number of hydrogen-bond donors (Lipinski definition) is 1. The molecule has 1 amide bonds. The average Bonchev–Trinajstić information content (AvgIpc) is 3.19. The smallest absolute Gasteiger partial charge is 0.265 e. The maximum atomic E-state index is 13.2. The second kappa shape index (κ2) is 8.61. The molecule has 0 saturated heterocycles. The fourth-order valence-corrected chi connectivity index (χ4v) is 5.92. The van der Waals surface area contributed by atoms with Crippen molar-refractivity contribution in [3.05, 3.63) is 88.0 Å². The number of carbonyl (C=O) groups is 1. The summed E-state index contributed by atoms with van der Waals surface area (Å²) >= 11 is 1.34. The summed E-state index contributed by atoms with van der Waals surface area (Å²) in [7, 11) is -2.40. The van der Waals surface area contributed by atoms with Gasteiger partial charge in [-0.1, -0.05) is 17.7 Å². The maximum Gasteiger partial charge on any atom is 0.265 e. The highest BCUT2D eigenvalue weighted by molar-refractivity contribution is 7.92. The molecule has 4 aromatic rings. The number of nitrogens with zero attached hydrogens (tertiary/aromatic N) is 1. The van der Waals surface area contributed by atoms with E-state index in [2.05, 4.69) is 5.32 Å². The Balaban J connectivity index is 1.62. The molecule has 8 heteroatoms. The molecule has 1 heterocycles. The minimum absolute atomic E-state index is 0.000667. The van der Waals surface area contributed by atoms with Crippen molar-refractivity contribution in [3.8, 4) is 0 Å². The summed E-state index contributed by atoms with van der Waals surface area (Å²) in [6, 6.07) is 15.7. The molecule has 5 nitrogen and oxygen atoms in total. The van der Waals surface area contributed by atoms with Crippen LogP contribution in [0.3, 0.4) is 0 Å². The molecule has 0 aliphatic rings. The summed E-state index contributed by atoms with van der Waals surface area (Å²) < 4.78 is 41.1. The second-order valence-electron chi connectivity index (χ2n) is 7.99. The van der Waals surface area contributed by atoms with E-state index in [0.717, 1.165) is 48.9 Å². The van der Waals surface area contributed by atoms with Gasteiger partial charge in [0.05, 0.1) is 15.5 Å². The number of rotatable bonds is 5. The third-order valence-corrected chi connectivity index (χ3v) is 8.39. The molecule has 170 valence electrons. The first-order valence-corrected chi connectivity index (χ1v) is 12.5. The third kappa shape index (κ3) is 4.49. The molecule has 3 aromatic carbocycles. The first-order valence-electron chi connectivity index (χ1n) is 10.2. The van der Waals surface area contributed by atoms with Gasteiger partial charge < -0.3 is 5.32 Å². The molecular weight excluding hydrogens is 459 g/mol. The van der Waals surface area contributed by atoms with E-state index in [-0.39, 0.29) is 10.8 Å². The Bertz CT molecular complexity index is 1450. The lowest BCUT2D eigenvalue weighted by atomic mass is 10.1. The largest absolute Gasteiger partial charge is 0.321 e. The van der Waals surface area contributed by atoms with Crippen LogP contribution in [0.2, 0.25) is 0 Å². The van der Waals surface area contributed by atoms with Crippen LogP contribution in [0.15, 0.2) is 65.6 Å². The van der Waals surface area contributed by atoms with Gasteiger partial charge in [-0.25, -0.2) is 12.8 Å².